The maximum Gasteiger partial charge on any atom is 0.228 e. The summed E-state index contributed by atoms with van der Waals surface area (Å²) in [5.41, 5.74) is 0. The Balaban J connectivity index is 1.77. The molecule has 0 unspecified atom stereocenters. The molecule has 0 bridgehead atoms. The highest BCUT2D eigenvalue weighted by Gasteiger charge is 2.40. The molecule has 1 amide bonds. The van der Waals surface area contributed by atoms with E-state index < -0.39 is 0 Å². The summed E-state index contributed by atoms with van der Waals surface area (Å²) in [6.45, 7) is 4.35. The number of aromatic nitrogens is 2. The van der Waals surface area contributed by atoms with E-state index in [-0.39, 0.29) is 18.1 Å². The van der Waals surface area contributed by atoms with E-state index in [2.05, 4.69) is 9.97 Å². The number of nitrogens with zero attached hydrogens (tertiary/aromatic N) is 4. The van der Waals surface area contributed by atoms with Crippen LogP contribution in [0, 0.1) is 0 Å². The number of likely N-dealkylation sites (N-methyl/N-ethyl adjacent to an activating group) is 1. The molecule has 21 heavy (non-hydrogen) atoms. The van der Waals surface area contributed by atoms with Crippen molar-refractivity contribution in [2.45, 2.75) is 25.5 Å². The number of anilines is 1. The monoisotopic (exact) mass is 292 g/mol. The summed E-state index contributed by atoms with van der Waals surface area (Å²) in [5.74, 6) is 1.33. The normalized spacial score (nSPS) is 25.7. The number of ether oxygens (including phenoxy) is 2. The summed E-state index contributed by atoms with van der Waals surface area (Å²) in [6.07, 6.45) is 2.16. The summed E-state index contributed by atoms with van der Waals surface area (Å²) in [5, 5.41) is 0. The Morgan fingerprint density at radius 2 is 2.33 bits per heavy atom. The fraction of sp³-hybridized carbons (Fsp3) is 0.643. The lowest BCUT2D eigenvalue weighted by atomic mass is 10.2. The maximum atomic E-state index is 11.9. The Hall–Kier alpha value is -1.89. The fourth-order valence-corrected chi connectivity index (χ4v) is 2.83. The molecule has 0 spiro atoms. The third-order valence-corrected chi connectivity index (χ3v) is 3.97. The minimum Gasteiger partial charge on any atom is -0.478 e. The summed E-state index contributed by atoms with van der Waals surface area (Å²) >= 11 is 0. The first-order valence-corrected chi connectivity index (χ1v) is 7.27. The molecule has 0 saturated carbocycles. The summed E-state index contributed by atoms with van der Waals surface area (Å²) in [7, 11) is 1.84. The number of carbonyl (C=O) groups is 1. The third-order valence-electron chi connectivity index (χ3n) is 3.97. The van der Waals surface area contributed by atoms with Gasteiger partial charge in [0.2, 0.25) is 17.7 Å². The smallest absolute Gasteiger partial charge is 0.228 e. The molecule has 2 atom stereocenters. The van der Waals surface area contributed by atoms with Gasteiger partial charge in [0.05, 0.1) is 31.8 Å². The first kappa shape index (κ1) is 14.1. The molecular weight excluding hydrogens is 272 g/mol. The number of rotatable bonds is 3. The van der Waals surface area contributed by atoms with E-state index in [9.17, 15) is 4.79 Å². The van der Waals surface area contributed by atoms with E-state index in [0.29, 0.717) is 44.6 Å². The highest BCUT2D eigenvalue weighted by atomic mass is 16.5. The van der Waals surface area contributed by atoms with Crippen LogP contribution >= 0.6 is 0 Å². The molecule has 2 fully saturated rings. The molecule has 7 nitrogen and oxygen atoms in total. The van der Waals surface area contributed by atoms with Gasteiger partial charge in [0.25, 0.3) is 0 Å². The molecule has 3 heterocycles. The van der Waals surface area contributed by atoms with Crippen LogP contribution in [-0.4, -0.2) is 66.3 Å². The van der Waals surface area contributed by atoms with Gasteiger partial charge in [0, 0.05) is 32.4 Å². The largest absolute Gasteiger partial charge is 0.478 e. The van der Waals surface area contributed by atoms with E-state index >= 15 is 0 Å². The number of hydrogen-bond donors (Lipinski definition) is 0. The quantitative estimate of drug-likeness (QED) is 0.799. The first-order chi connectivity index (χ1) is 10.2. The Bertz CT molecular complexity index is 525. The molecule has 1 aromatic rings. The summed E-state index contributed by atoms with van der Waals surface area (Å²) in [6, 6.07) is 1.80. The van der Waals surface area contributed by atoms with Gasteiger partial charge in [-0.15, -0.1) is 0 Å². The minimum atomic E-state index is 0.0146. The van der Waals surface area contributed by atoms with Crippen LogP contribution in [0.3, 0.4) is 0 Å². The Morgan fingerprint density at radius 1 is 1.48 bits per heavy atom. The topological polar surface area (TPSA) is 67.8 Å². The molecule has 0 N–H and O–H groups in total. The van der Waals surface area contributed by atoms with Gasteiger partial charge in [-0.2, -0.15) is 4.98 Å². The van der Waals surface area contributed by atoms with Gasteiger partial charge in [-0.25, -0.2) is 4.98 Å². The van der Waals surface area contributed by atoms with Gasteiger partial charge < -0.3 is 19.3 Å². The van der Waals surface area contributed by atoms with Crippen molar-refractivity contribution < 1.29 is 14.3 Å². The van der Waals surface area contributed by atoms with Crippen LogP contribution in [0.4, 0.5) is 5.95 Å². The molecule has 2 aliphatic rings. The van der Waals surface area contributed by atoms with Crippen LogP contribution < -0.4 is 9.64 Å². The number of fused-ring (bicyclic) bond motifs is 1. The molecule has 7 heteroatoms. The van der Waals surface area contributed by atoms with Crippen molar-refractivity contribution in [3.8, 4) is 5.88 Å². The molecular formula is C14H20N4O3. The number of amides is 1. The van der Waals surface area contributed by atoms with E-state index in [1.807, 2.05) is 18.9 Å². The van der Waals surface area contributed by atoms with Crippen molar-refractivity contribution >= 4 is 11.9 Å². The van der Waals surface area contributed by atoms with Crippen molar-refractivity contribution in [1.82, 2.24) is 14.9 Å². The Morgan fingerprint density at radius 3 is 3.14 bits per heavy atom. The zero-order chi connectivity index (χ0) is 14.8. The Labute approximate surface area is 123 Å². The lowest BCUT2D eigenvalue weighted by molar-refractivity contribution is -0.130. The van der Waals surface area contributed by atoms with Crippen LogP contribution in [0.15, 0.2) is 12.3 Å². The van der Waals surface area contributed by atoms with Crippen LogP contribution in [-0.2, 0) is 9.53 Å². The molecule has 0 aliphatic carbocycles. The predicted molar refractivity (Wildman–Crippen MR) is 76.3 cm³/mol. The van der Waals surface area contributed by atoms with Crippen molar-refractivity contribution in [3.05, 3.63) is 12.3 Å². The van der Waals surface area contributed by atoms with Gasteiger partial charge >= 0.3 is 0 Å². The first-order valence-electron chi connectivity index (χ1n) is 7.27. The molecule has 1 aromatic heterocycles. The average Bonchev–Trinajstić information content (AvgIpc) is 2.86. The molecule has 0 aromatic carbocycles. The van der Waals surface area contributed by atoms with Crippen molar-refractivity contribution in [2.75, 3.05) is 38.3 Å². The molecule has 2 aliphatic heterocycles. The van der Waals surface area contributed by atoms with Gasteiger partial charge in [-0.1, -0.05) is 0 Å². The highest BCUT2D eigenvalue weighted by molar-refractivity contribution is 5.77. The van der Waals surface area contributed by atoms with E-state index in [4.69, 9.17) is 9.47 Å². The van der Waals surface area contributed by atoms with Crippen LogP contribution in [0.5, 0.6) is 5.88 Å². The minimum absolute atomic E-state index is 0.0146. The van der Waals surface area contributed by atoms with Crippen molar-refractivity contribution in [2.24, 2.45) is 0 Å². The summed E-state index contributed by atoms with van der Waals surface area (Å²) in [4.78, 5) is 24.5. The molecule has 2 saturated heterocycles. The average molecular weight is 292 g/mol. The van der Waals surface area contributed by atoms with Gasteiger partial charge in [-0.3, -0.25) is 4.79 Å². The molecule has 0 radical (unpaired) electrons. The lowest BCUT2D eigenvalue weighted by Gasteiger charge is -2.25. The third kappa shape index (κ3) is 2.78. The van der Waals surface area contributed by atoms with Crippen molar-refractivity contribution in [1.29, 1.82) is 0 Å². The summed E-state index contributed by atoms with van der Waals surface area (Å²) < 4.78 is 11.2. The van der Waals surface area contributed by atoms with E-state index in [1.165, 1.54) is 0 Å². The standard InChI is InChI=1S/C14H20N4O3/c1-3-20-12-4-6-15-14(16-12)18-8-10-11(9-18)21-7-5-13(19)17(10)2/h4,6,10-11H,3,5,7-9H2,1-2H3/t10-,11-/m0/s1. The van der Waals surface area contributed by atoms with E-state index in [0.717, 1.165) is 0 Å². The predicted octanol–water partition coefficient (Wildman–Crippen LogP) is 0.311. The molecule has 114 valence electrons. The van der Waals surface area contributed by atoms with Gasteiger partial charge in [0.1, 0.15) is 0 Å². The zero-order valence-corrected chi connectivity index (χ0v) is 12.4. The van der Waals surface area contributed by atoms with Crippen LogP contribution in [0.25, 0.3) is 0 Å². The second-order valence-corrected chi connectivity index (χ2v) is 5.26. The fourth-order valence-electron chi connectivity index (χ4n) is 2.83. The van der Waals surface area contributed by atoms with Gasteiger partial charge in [-0.05, 0) is 6.92 Å². The second-order valence-electron chi connectivity index (χ2n) is 5.26. The second kappa shape index (κ2) is 5.85. The maximum absolute atomic E-state index is 11.9. The Kier molecular flexibility index (Phi) is 3.92. The highest BCUT2D eigenvalue weighted by Crippen LogP contribution is 2.25. The lowest BCUT2D eigenvalue weighted by Crippen LogP contribution is -2.42. The zero-order valence-electron chi connectivity index (χ0n) is 12.4. The molecule has 3 rings (SSSR count). The van der Waals surface area contributed by atoms with Crippen LogP contribution in [0.2, 0.25) is 0 Å². The number of carbonyl (C=O) groups excluding carboxylic acids is 1. The van der Waals surface area contributed by atoms with Gasteiger partial charge in [0.15, 0.2) is 0 Å². The van der Waals surface area contributed by atoms with E-state index in [1.54, 1.807) is 17.2 Å². The van der Waals surface area contributed by atoms with Crippen LogP contribution in [0.1, 0.15) is 13.3 Å². The van der Waals surface area contributed by atoms with Crippen molar-refractivity contribution in [3.63, 3.8) is 0 Å². The SMILES string of the molecule is CCOc1ccnc(N2C[C@@H]3OCCC(=O)N(C)[C@H]3C2)n1. The number of hydrogen-bond acceptors (Lipinski definition) is 6.